The summed E-state index contributed by atoms with van der Waals surface area (Å²) in [5.41, 5.74) is 7.18. The molecule has 5 heteroatoms. The van der Waals surface area contributed by atoms with Gasteiger partial charge in [-0.2, -0.15) is 0 Å². The number of nitrogens with zero attached hydrogens (tertiary/aromatic N) is 1. The SMILES string of the molecule is CC(N)CC(=O)N(C)CC1(c2ccc(Br)cc2)CC1.Cl. The van der Waals surface area contributed by atoms with Crippen LogP contribution in [0, 0.1) is 0 Å². The highest BCUT2D eigenvalue weighted by atomic mass is 79.9. The third-order valence-electron chi connectivity index (χ3n) is 3.77. The lowest BCUT2D eigenvalue weighted by Gasteiger charge is -2.25. The van der Waals surface area contributed by atoms with Crippen LogP contribution in [0.2, 0.25) is 0 Å². The normalized spacial score (nSPS) is 17.0. The van der Waals surface area contributed by atoms with Crippen molar-refractivity contribution in [3.05, 3.63) is 34.3 Å². The topological polar surface area (TPSA) is 46.3 Å². The Bertz CT molecular complexity index is 457. The molecule has 1 aromatic carbocycles. The lowest BCUT2D eigenvalue weighted by Crippen LogP contribution is -2.37. The van der Waals surface area contributed by atoms with E-state index in [2.05, 4.69) is 40.2 Å². The summed E-state index contributed by atoms with van der Waals surface area (Å²) in [4.78, 5) is 13.8. The minimum Gasteiger partial charge on any atom is -0.345 e. The smallest absolute Gasteiger partial charge is 0.223 e. The van der Waals surface area contributed by atoms with Gasteiger partial charge < -0.3 is 10.6 Å². The molecule has 0 bridgehead atoms. The monoisotopic (exact) mass is 360 g/mol. The summed E-state index contributed by atoms with van der Waals surface area (Å²) in [6.07, 6.45) is 2.74. The van der Waals surface area contributed by atoms with Crippen LogP contribution >= 0.6 is 28.3 Å². The predicted octanol–water partition coefficient (Wildman–Crippen LogP) is 3.10. The number of rotatable bonds is 5. The van der Waals surface area contributed by atoms with E-state index in [-0.39, 0.29) is 29.8 Å². The van der Waals surface area contributed by atoms with Gasteiger partial charge in [-0.15, -0.1) is 12.4 Å². The molecular formula is C15H22BrClN2O. The average molecular weight is 362 g/mol. The zero-order valence-electron chi connectivity index (χ0n) is 11.9. The molecular weight excluding hydrogens is 340 g/mol. The number of amides is 1. The fraction of sp³-hybridized carbons (Fsp3) is 0.533. The van der Waals surface area contributed by atoms with Crippen molar-refractivity contribution >= 4 is 34.2 Å². The Kier molecular flexibility index (Phi) is 6.05. The van der Waals surface area contributed by atoms with Gasteiger partial charge in [0.2, 0.25) is 5.91 Å². The van der Waals surface area contributed by atoms with E-state index in [1.165, 1.54) is 5.56 Å². The van der Waals surface area contributed by atoms with Crippen LogP contribution in [0.25, 0.3) is 0 Å². The Morgan fingerprint density at radius 1 is 1.40 bits per heavy atom. The molecule has 0 spiro atoms. The Labute approximate surface area is 135 Å². The molecule has 0 aromatic heterocycles. The number of benzene rings is 1. The van der Waals surface area contributed by atoms with Crippen LogP contribution in [-0.2, 0) is 10.2 Å². The van der Waals surface area contributed by atoms with E-state index in [1.54, 1.807) is 0 Å². The third kappa shape index (κ3) is 4.21. The molecule has 1 amide bonds. The summed E-state index contributed by atoms with van der Waals surface area (Å²) in [6, 6.07) is 8.37. The van der Waals surface area contributed by atoms with Gasteiger partial charge >= 0.3 is 0 Å². The van der Waals surface area contributed by atoms with Crippen molar-refractivity contribution in [3.63, 3.8) is 0 Å². The maximum Gasteiger partial charge on any atom is 0.223 e. The minimum absolute atomic E-state index is 0. The highest BCUT2D eigenvalue weighted by Crippen LogP contribution is 2.48. The summed E-state index contributed by atoms with van der Waals surface area (Å²) in [5.74, 6) is 0.137. The molecule has 1 aliphatic carbocycles. The minimum atomic E-state index is -0.0715. The van der Waals surface area contributed by atoms with Gasteiger partial charge in [0, 0.05) is 35.9 Å². The van der Waals surface area contributed by atoms with Crippen LogP contribution in [0.1, 0.15) is 31.7 Å². The third-order valence-corrected chi connectivity index (χ3v) is 4.30. The zero-order chi connectivity index (χ0) is 14.0. The van der Waals surface area contributed by atoms with Gasteiger partial charge in [-0.1, -0.05) is 28.1 Å². The second kappa shape index (κ2) is 6.92. The van der Waals surface area contributed by atoms with E-state index in [0.717, 1.165) is 23.9 Å². The van der Waals surface area contributed by atoms with Gasteiger partial charge in [-0.3, -0.25) is 4.79 Å². The van der Waals surface area contributed by atoms with E-state index < -0.39 is 0 Å². The highest BCUT2D eigenvalue weighted by molar-refractivity contribution is 9.10. The first-order valence-electron chi connectivity index (χ1n) is 6.68. The first-order valence-corrected chi connectivity index (χ1v) is 7.48. The standard InChI is InChI=1S/C15H21BrN2O.ClH/c1-11(17)9-14(19)18(2)10-15(7-8-15)12-3-5-13(16)6-4-12;/h3-6,11H,7-10,17H2,1-2H3;1H. The second-order valence-electron chi connectivity index (χ2n) is 5.72. The molecule has 1 fully saturated rings. The maximum atomic E-state index is 12.0. The van der Waals surface area contributed by atoms with Gasteiger partial charge in [-0.25, -0.2) is 0 Å². The number of hydrogen-bond acceptors (Lipinski definition) is 2. The van der Waals surface area contributed by atoms with Crippen LogP contribution < -0.4 is 5.73 Å². The fourth-order valence-corrected chi connectivity index (χ4v) is 2.73. The molecule has 1 aliphatic rings. The van der Waals surface area contributed by atoms with E-state index >= 15 is 0 Å². The van der Waals surface area contributed by atoms with Gasteiger partial charge in [0.1, 0.15) is 0 Å². The summed E-state index contributed by atoms with van der Waals surface area (Å²) >= 11 is 3.46. The molecule has 0 radical (unpaired) electrons. The van der Waals surface area contributed by atoms with Crippen molar-refractivity contribution < 1.29 is 4.79 Å². The fourth-order valence-electron chi connectivity index (χ4n) is 2.47. The zero-order valence-corrected chi connectivity index (χ0v) is 14.3. The number of halogens is 2. The number of nitrogens with two attached hydrogens (primary N) is 1. The average Bonchev–Trinajstić information content (AvgIpc) is 3.09. The van der Waals surface area contributed by atoms with Crippen LogP contribution in [0.15, 0.2) is 28.7 Å². The lowest BCUT2D eigenvalue weighted by molar-refractivity contribution is -0.130. The Morgan fingerprint density at radius 3 is 2.40 bits per heavy atom. The highest BCUT2D eigenvalue weighted by Gasteiger charge is 2.45. The summed E-state index contributed by atoms with van der Waals surface area (Å²) in [6.45, 7) is 2.66. The van der Waals surface area contributed by atoms with Crippen molar-refractivity contribution in [3.8, 4) is 0 Å². The number of carbonyl (C=O) groups excluding carboxylic acids is 1. The molecule has 0 aliphatic heterocycles. The predicted molar refractivity (Wildman–Crippen MR) is 88.2 cm³/mol. The first-order chi connectivity index (χ1) is 8.93. The van der Waals surface area contributed by atoms with E-state index in [0.29, 0.717) is 6.42 Å². The van der Waals surface area contributed by atoms with Crippen molar-refractivity contribution in [2.75, 3.05) is 13.6 Å². The summed E-state index contributed by atoms with van der Waals surface area (Å²) < 4.78 is 1.09. The Morgan fingerprint density at radius 2 is 1.95 bits per heavy atom. The molecule has 20 heavy (non-hydrogen) atoms. The van der Waals surface area contributed by atoms with E-state index in [4.69, 9.17) is 5.73 Å². The molecule has 2 N–H and O–H groups in total. The van der Waals surface area contributed by atoms with Gasteiger partial charge in [0.05, 0.1) is 0 Å². The van der Waals surface area contributed by atoms with Crippen LogP contribution in [0.3, 0.4) is 0 Å². The molecule has 0 heterocycles. The largest absolute Gasteiger partial charge is 0.345 e. The summed E-state index contributed by atoms with van der Waals surface area (Å²) in [7, 11) is 1.88. The quantitative estimate of drug-likeness (QED) is 0.876. The van der Waals surface area contributed by atoms with Crippen molar-refractivity contribution in [1.82, 2.24) is 4.90 Å². The van der Waals surface area contributed by atoms with Gasteiger partial charge in [-0.05, 0) is 37.5 Å². The maximum absolute atomic E-state index is 12.0. The molecule has 1 aromatic rings. The van der Waals surface area contributed by atoms with E-state index in [9.17, 15) is 4.79 Å². The lowest BCUT2D eigenvalue weighted by atomic mass is 9.95. The number of likely N-dealkylation sites (N-methyl/N-ethyl adjacent to an activating group) is 1. The van der Waals surface area contributed by atoms with Crippen molar-refractivity contribution in [2.45, 2.75) is 37.6 Å². The van der Waals surface area contributed by atoms with Crippen molar-refractivity contribution in [2.24, 2.45) is 5.73 Å². The molecule has 1 atom stereocenters. The van der Waals surface area contributed by atoms with Gasteiger partial charge in [0.15, 0.2) is 0 Å². The number of hydrogen-bond donors (Lipinski definition) is 1. The first kappa shape index (κ1) is 17.5. The van der Waals surface area contributed by atoms with E-state index in [1.807, 2.05) is 18.9 Å². The van der Waals surface area contributed by atoms with Crippen LogP contribution in [0.5, 0.6) is 0 Å². The Hall–Kier alpha value is -0.580. The molecule has 3 nitrogen and oxygen atoms in total. The Balaban J connectivity index is 0.00000200. The second-order valence-corrected chi connectivity index (χ2v) is 6.63. The van der Waals surface area contributed by atoms with Gasteiger partial charge in [0.25, 0.3) is 0 Å². The van der Waals surface area contributed by atoms with Crippen LogP contribution in [0.4, 0.5) is 0 Å². The molecule has 112 valence electrons. The van der Waals surface area contributed by atoms with Crippen molar-refractivity contribution in [1.29, 1.82) is 0 Å². The molecule has 1 saturated carbocycles. The molecule has 0 saturated heterocycles. The molecule has 2 rings (SSSR count). The molecule has 1 unspecified atom stereocenters. The van der Waals surface area contributed by atoms with Crippen LogP contribution in [-0.4, -0.2) is 30.4 Å². The number of carbonyl (C=O) groups is 1. The summed E-state index contributed by atoms with van der Waals surface area (Å²) in [5, 5.41) is 0.